The molecule has 0 unspecified atom stereocenters. The van der Waals surface area contributed by atoms with Crippen molar-refractivity contribution >= 4 is 10.0 Å². The first kappa shape index (κ1) is 16.9. The Labute approximate surface area is 118 Å². The molecule has 0 saturated heterocycles. The molecule has 0 atom stereocenters. The molecule has 0 aliphatic heterocycles. The van der Waals surface area contributed by atoms with E-state index in [9.17, 15) is 8.42 Å². The van der Waals surface area contributed by atoms with Gasteiger partial charge in [-0.05, 0) is 44.6 Å². The van der Waals surface area contributed by atoms with Gasteiger partial charge in [0.25, 0.3) is 0 Å². The molecule has 114 valence electrons. The molecule has 0 aromatic rings. The first-order valence-electron chi connectivity index (χ1n) is 7.66. The zero-order valence-corrected chi connectivity index (χ0v) is 13.4. The van der Waals surface area contributed by atoms with Gasteiger partial charge in [0, 0.05) is 12.1 Å². The smallest absolute Gasteiger partial charge is 0.211 e. The second-order valence-corrected chi connectivity index (χ2v) is 7.90. The number of hydrogen-bond acceptors (Lipinski definition) is 3. The van der Waals surface area contributed by atoms with E-state index < -0.39 is 10.0 Å². The largest absolute Gasteiger partial charge is 0.314 e. The maximum Gasteiger partial charge on any atom is 0.211 e. The van der Waals surface area contributed by atoms with Crippen LogP contribution in [-0.4, -0.2) is 32.8 Å². The van der Waals surface area contributed by atoms with Crippen molar-refractivity contribution in [2.45, 2.75) is 71.4 Å². The fourth-order valence-corrected chi connectivity index (χ4v) is 4.04. The second-order valence-electron chi connectivity index (χ2n) is 6.02. The van der Waals surface area contributed by atoms with E-state index in [1.807, 2.05) is 0 Å². The number of hydrogen-bond donors (Lipinski definition) is 2. The second kappa shape index (κ2) is 8.22. The Morgan fingerprint density at radius 3 is 2.32 bits per heavy atom. The van der Waals surface area contributed by atoms with Gasteiger partial charge in [0.2, 0.25) is 10.0 Å². The van der Waals surface area contributed by atoms with E-state index in [1.165, 1.54) is 19.3 Å². The Morgan fingerprint density at radius 1 is 1.16 bits per heavy atom. The molecular formula is C14H30N2O2S. The van der Waals surface area contributed by atoms with Gasteiger partial charge in [-0.1, -0.05) is 27.2 Å². The lowest BCUT2D eigenvalue weighted by atomic mass is 9.85. The Morgan fingerprint density at radius 2 is 1.79 bits per heavy atom. The zero-order valence-electron chi connectivity index (χ0n) is 12.6. The van der Waals surface area contributed by atoms with Gasteiger partial charge in [0.15, 0.2) is 0 Å². The summed E-state index contributed by atoms with van der Waals surface area (Å²) < 4.78 is 26.8. The lowest BCUT2D eigenvalue weighted by molar-refractivity contribution is 0.306. The standard InChI is InChI=1S/C14H30N2O2S/c1-4-13-6-8-14(9-7-13)16-19(17,18)11-5-10-15-12(2)3/h12-16H,4-11H2,1-3H3. The lowest BCUT2D eigenvalue weighted by Gasteiger charge is -2.28. The summed E-state index contributed by atoms with van der Waals surface area (Å²) in [5.74, 6) is 1.04. The summed E-state index contributed by atoms with van der Waals surface area (Å²) in [6.45, 7) is 7.12. The molecule has 0 spiro atoms. The molecule has 19 heavy (non-hydrogen) atoms. The average Bonchev–Trinajstić information content (AvgIpc) is 2.35. The highest BCUT2D eigenvalue weighted by Crippen LogP contribution is 2.26. The predicted octanol–water partition coefficient (Wildman–Crippen LogP) is 2.26. The third-order valence-corrected chi connectivity index (χ3v) is 5.43. The molecule has 1 aliphatic carbocycles. The number of sulfonamides is 1. The van der Waals surface area contributed by atoms with Crippen LogP contribution in [0.25, 0.3) is 0 Å². The van der Waals surface area contributed by atoms with Gasteiger partial charge in [-0.3, -0.25) is 0 Å². The van der Waals surface area contributed by atoms with Crippen molar-refractivity contribution in [2.24, 2.45) is 5.92 Å². The van der Waals surface area contributed by atoms with E-state index in [2.05, 4.69) is 30.8 Å². The molecule has 1 fully saturated rings. The van der Waals surface area contributed by atoms with Gasteiger partial charge < -0.3 is 5.32 Å². The Balaban J connectivity index is 2.23. The van der Waals surface area contributed by atoms with Crippen LogP contribution in [0.1, 0.15) is 59.3 Å². The lowest BCUT2D eigenvalue weighted by Crippen LogP contribution is -2.39. The molecular weight excluding hydrogens is 260 g/mol. The van der Waals surface area contributed by atoms with Crippen LogP contribution in [-0.2, 0) is 10.0 Å². The van der Waals surface area contributed by atoms with Crippen LogP contribution in [0.5, 0.6) is 0 Å². The van der Waals surface area contributed by atoms with E-state index in [0.29, 0.717) is 12.5 Å². The zero-order chi connectivity index (χ0) is 14.3. The molecule has 0 radical (unpaired) electrons. The van der Waals surface area contributed by atoms with Crippen LogP contribution in [0.15, 0.2) is 0 Å². The van der Waals surface area contributed by atoms with Crippen LogP contribution in [0, 0.1) is 5.92 Å². The molecule has 1 saturated carbocycles. The molecule has 0 aromatic heterocycles. The highest BCUT2D eigenvalue weighted by molar-refractivity contribution is 7.89. The van der Waals surface area contributed by atoms with Gasteiger partial charge in [0.1, 0.15) is 0 Å². The maximum absolute atomic E-state index is 12.0. The highest BCUT2D eigenvalue weighted by Gasteiger charge is 2.23. The predicted molar refractivity (Wildman–Crippen MR) is 80.7 cm³/mol. The minimum absolute atomic E-state index is 0.172. The van der Waals surface area contributed by atoms with Crippen molar-refractivity contribution in [1.82, 2.24) is 10.0 Å². The molecule has 0 bridgehead atoms. The molecule has 1 aliphatic rings. The van der Waals surface area contributed by atoms with Crippen LogP contribution in [0.2, 0.25) is 0 Å². The summed E-state index contributed by atoms with van der Waals surface area (Å²) >= 11 is 0. The fourth-order valence-electron chi connectivity index (χ4n) is 2.65. The van der Waals surface area contributed by atoms with Crippen LogP contribution < -0.4 is 10.0 Å². The topological polar surface area (TPSA) is 58.2 Å². The highest BCUT2D eigenvalue weighted by atomic mass is 32.2. The van der Waals surface area contributed by atoms with Crippen molar-refractivity contribution in [3.05, 3.63) is 0 Å². The first-order valence-corrected chi connectivity index (χ1v) is 9.31. The van der Waals surface area contributed by atoms with E-state index in [0.717, 1.165) is 25.3 Å². The molecule has 1 rings (SSSR count). The van der Waals surface area contributed by atoms with E-state index in [-0.39, 0.29) is 11.8 Å². The van der Waals surface area contributed by atoms with Crippen molar-refractivity contribution in [3.8, 4) is 0 Å². The van der Waals surface area contributed by atoms with Crippen LogP contribution >= 0.6 is 0 Å². The van der Waals surface area contributed by atoms with Crippen LogP contribution in [0.3, 0.4) is 0 Å². The molecule has 5 heteroatoms. The molecule has 2 N–H and O–H groups in total. The summed E-state index contributed by atoms with van der Waals surface area (Å²) in [5.41, 5.74) is 0. The Kier molecular flexibility index (Phi) is 7.32. The fraction of sp³-hybridized carbons (Fsp3) is 1.00. The summed E-state index contributed by atoms with van der Waals surface area (Å²) in [5, 5.41) is 3.24. The summed E-state index contributed by atoms with van der Waals surface area (Å²) in [6, 6.07) is 0.589. The summed E-state index contributed by atoms with van der Waals surface area (Å²) in [6.07, 6.45) is 6.24. The van der Waals surface area contributed by atoms with Gasteiger partial charge in [0.05, 0.1) is 5.75 Å². The minimum Gasteiger partial charge on any atom is -0.314 e. The van der Waals surface area contributed by atoms with Gasteiger partial charge in [-0.25, -0.2) is 13.1 Å². The van der Waals surface area contributed by atoms with Gasteiger partial charge in [-0.2, -0.15) is 0 Å². The Hall–Kier alpha value is -0.130. The van der Waals surface area contributed by atoms with Gasteiger partial charge in [-0.15, -0.1) is 0 Å². The summed E-state index contributed by atoms with van der Waals surface area (Å²) in [4.78, 5) is 0. The van der Waals surface area contributed by atoms with E-state index in [4.69, 9.17) is 0 Å². The normalized spacial score (nSPS) is 24.8. The third kappa shape index (κ3) is 7.28. The third-order valence-electron chi connectivity index (χ3n) is 3.91. The van der Waals surface area contributed by atoms with E-state index >= 15 is 0 Å². The van der Waals surface area contributed by atoms with Crippen molar-refractivity contribution < 1.29 is 8.42 Å². The quantitative estimate of drug-likeness (QED) is 0.674. The minimum atomic E-state index is -3.09. The Bertz CT molecular complexity index is 333. The molecule has 0 aromatic carbocycles. The SMILES string of the molecule is CCC1CCC(NS(=O)(=O)CCCNC(C)C)CC1. The van der Waals surface area contributed by atoms with Gasteiger partial charge >= 0.3 is 0 Å². The molecule has 4 nitrogen and oxygen atoms in total. The van der Waals surface area contributed by atoms with Crippen molar-refractivity contribution in [3.63, 3.8) is 0 Å². The molecule has 0 heterocycles. The van der Waals surface area contributed by atoms with E-state index in [1.54, 1.807) is 0 Å². The number of rotatable bonds is 8. The first-order chi connectivity index (χ1) is 8.93. The van der Waals surface area contributed by atoms with Crippen molar-refractivity contribution in [2.75, 3.05) is 12.3 Å². The number of nitrogens with one attached hydrogen (secondary N) is 2. The monoisotopic (exact) mass is 290 g/mol. The average molecular weight is 290 g/mol. The van der Waals surface area contributed by atoms with Crippen LogP contribution in [0.4, 0.5) is 0 Å². The van der Waals surface area contributed by atoms with Crippen molar-refractivity contribution in [1.29, 1.82) is 0 Å². The summed E-state index contributed by atoms with van der Waals surface area (Å²) in [7, 11) is -3.09. The molecule has 0 amide bonds. The maximum atomic E-state index is 12.0.